The van der Waals surface area contributed by atoms with E-state index in [0.29, 0.717) is 34.7 Å². The number of pyridine rings is 2. The van der Waals surface area contributed by atoms with E-state index in [1.165, 1.54) is 28.4 Å². The number of nitrogens with one attached hydrogen (secondary N) is 1. The van der Waals surface area contributed by atoms with Gasteiger partial charge in [0.2, 0.25) is 21.6 Å². The number of aromatic nitrogens is 6. The normalized spacial score (nSPS) is 13.8. The Hall–Kier alpha value is -3.78. The Balaban J connectivity index is 1.48. The highest BCUT2D eigenvalue weighted by Crippen LogP contribution is 2.29. The molecule has 2 N–H and O–H groups in total. The van der Waals surface area contributed by atoms with Gasteiger partial charge in [-0.15, -0.1) is 10.2 Å². The van der Waals surface area contributed by atoms with Crippen molar-refractivity contribution in [1.82, 2.24) is 29.1 Å². The molecule has 33 heavy (non-hydrogen) atoms. The summed E-state index contributed by atoms with van der Waals surface area (Å²) in [5, 5.41) is 21.9. The molecule has 0 aromatic carbocycles. The zero-order valence-electron chi connectivity index (χ0n) is 17.3. The number of amides is 1. The SMILES string of the molecule is Cc1nnc(NC(=O)C2CN(c3cc(C)c4c(=O)c(C(=O)O)cn(-c5ncns5)c4n3)C2)s1. The summed E-state index contributed by atoms with van der Waals surface area (Å²) in [4.78, 5) is 47.7. The number of hydrogen-bond donors (Lipinski definition) is 2. The summed E-state index contributed by atoms with van der Waals surface area (Å²) in [5.41, 5.74) is -0.112. The standard InChI is InChI=1S/C19H16N8O4S2/c1-8-3-12(26-4-10(5-26)16(29)23-18-25-24-9(2)32-18)22-15-13(8)14(28)11(17(30)31)6-27(15)19-20-7-21-33-19/h3,6-7,10H,4-5H2,1-2H3,(H,30,31)(H,23,25,29). The lowest BCUT2D eigenvalue weighted by Gasteiger charge is -2.39. The number of carbonyl (C=O) groups is 2. The second-order valence-electron chi connectivity index (χ2n) is 7.48. The van der Waals surface area contributed by atoms with Gasteiger partial charge in [-0.1, -0.05) is 11.3 Å². The Kier molecular flexibility index (Phi) is 5.09. The summed E-state index contributed by atoms with van der Waals surface area (Å²) in [6.45, 7) is 4.43. The van der Waals surface area contributed by atoms with Gasteiger partial charge in [0.25, 0.3) is 0 Å². The van der Waals surface area contributed by atoms with Crippen LogP contribution in [-0.4, -0.2) is 59.2 Å². The lowest BCUT2D eigenvalue weighted by atomic mass is 9.99. The van der Waals surface area contributed by atoms with E-state index in [4.69, 9.17) is 0 Å². The van der Waals surface area contributed by atoms with Crippen LogP contribution in [0, 0.1) is 19.8 Å². The minimum absolute atomic E-state index is 0.142. The molecule has 0 radical (unpaired) electrons. The van der Waals surface area contributed by atoms with E-state index in [2.05, 4.69) is 29.9 Å². The van der Waals surface area contributed by atoms with Crippen molar-refractivity contribution in [1.29, 1.82) is 0 Å². The van der Waals surface area contributed by atoms with E-state index in [1.807, 2.05) is 11.8 Å². The molecule has 0 spiro atoms. The van der Waals surface area contributed by atoms with Crippen LogP contribution in [0.3, 0.4) is 0 Å². The molecule has 1 saturated heterocycles. The smallest absolute Gasteiger partial charge is 0.341 e. The first-order valence-electron chi connectivity index (χ1n) is 9.75. The van der Waals surface area contributed by atoms with E-state index in [-0.39, 0.29) is 28.4 Å². The van der Waals surface area contributed by atoms with Gasteiger partial charge in [-0.3, -0.25) is 14.2 Å². The fourth-order valence-electron chi connectivity index (χ4n) is 3.60. The molecule has 0 bridgehead atoms. The first-order chi connectivity index (χ1) is 15.8. The van der Waals surface area contributed by atoms with E-state index >= 15 is 0 Å². The summed E-state index contributed by atoms with van der Waals surface area (Å²) >= 11 is 2.36. The van der Waals surface area contributed by atoms with Crippen molar-refractivity contribution >= 4 is 56.7 Å². The predicted octanol–water partition coefficient (Wildman–Crippen LogP) is 1.48. The Morgan fingerprint density at radius 2 is 2.03 bits per heavy atom. The summed E-state index contributed by atoms with van der Waals surface area (Å²) in [5.74, 6) is -1.13. The molecule has 14 heteroatoms. The molecule has 4 aromatic heterocycles. The second kappa shape index (κ2) is 7.97. The van der Waals surface area contributed by atoms with Gasteiger partial charge in [0, 0.05) is 30.8 Å². The third-order valence-corrected chi connectivity index (χ3v) is 6.68. The number of aromatic carboxylic acids is 1. The molecule has 1 aliphatic heterocycles. The van der Waals surface area contributed by atoms with Crippen LogP contribution >= 0.6 is 22.9 Å². The lowest BCUT2D eigenvalue weighted by Crippen LogP contribution is -2.52. The van der Waals surface area contributed by atoms with E-state index in [0.717, 1.165) is 16.5 Å². The van der Waals surface area contributed by atoms with Crippen LogP contribution in [0.4, 0.5) is 10.9 Å². The quantitative estimate of drug-likeness (QED) is 0.425. The summed E-state index contributed by atoms with van der Waals surface area (Å²) in [6, 6.07) is 1.72. The number of aryl methyl sites for hydroxylation is 2. The lowest BCUT2D eigenvalue weighted by molar-refractivity contribution is -0.120. The average Bonchev–Trinajstić information content (AvgIpc) is 3.38. The molecule has 12 nitrogen and oxygen atoms in total. The fourth-order valence-corrected chi connectivity index (χ4v) is 4.70. The van der Waals surface area contributed by atoms with Crippen LogP contribution in [0.5, 0.6) is 0 Å². The number of nitrogens with zero attached hydrogens (tertiary/aromatic N) is 7. The number of anilines is 2. The zero-order valence-corrected chi connectivity index (χ0v) is 19.0. The molecular formula is C19H16N8O4S2. The van der Waals surface area contributed by atoms with Crippen molar-refractivity contribution in [3.05, 3.63) is 44.9 Å². The Labute approximate surface area is 193 Å². The second-order valence-corrected chi connectivity index (χ2v) is 9.42. The molecule has 4 aromatic rings. The van der Waals surface area contributed by atoms with E-state index in [1.54, 1.807) is 13.0 Å². The molecule has 1 aliphatic rings. The first-order valence-corrected chi connectivity index (χ1v) is 11.3. The maximum atomic E-state index is 12.9. The number of rotatable bonds is 5. The molecular weight excluding hydrogens is 468 g/mol. The van der Waals surface area contributed by atoms with Crippen molar-refractivity contribution < 1.29 is 14.7 Å². The number of carboxylic acid groups (broad SMARTS) is 1. The monoisotopic (exact) mass is 484 g/mol. The van der Waals surface area contributed by atoms with Crippen molar-refractivity contribution in [3.63, 3.8) is 0 Å². The minimum atomic E-state index is -1.33. The third-order valence-electron chi connectivity index (χ3n) is 5.26. The maximum Gasteiger partial charge on any atom is 0.341 e. The van der Waals surface area contributed by atoms with Gasteiger partial charge in [-0.2, -0.15) is 4.37 Å². The van der Waals surface area contributed by atoms with Gasteiger partial charge in [-0.05, 0) is 25.5 Å². The van der Waals surface area contributed by atoms with Gasteiger partial charge in [0.1, 0.15) is 22.7 Å². The van der Waals surface area contributed by atoms with Crippen LogP contribution in [0.15, 0.2) is 23.4 Å². The van der Waals surface area contributed by atoms with E-state index < -0.39 is 11.4 Å². The topological polar surface area (TPSA) is 156 Å². The molecule has 1 fully saturated rings. The van der Waals surface area contributed by atoms with Crippen LogP contribution in [0.2, 0.25) is 0 Å². The van der Waals surface area contributed by atoms with Gasteiger partial charge in [0.05, 0.1) is 11.3 Å². The van der Waals surface area contributed by atoms with Crippen LogP contribution < -0.4 is 15.6 Å². The van der Waals surface area contributed by atoms with Gasteiger partial charge in [-0.25, -0.2) is 14.8 Å². The molecule has 1 amide bonds. The Bertz CT molecular complexity index is 1460. The zero-order chi connectivity index (χ0) is 23.3. The molecule has 0 aliphatic carbocycles. The summed E-state index contributed by atoms with van der Waals surface area (Å²) in [6.07, 6.45) is 2.57. The molecule has 168 valence electrons. The highest BCUT2D eigenvalue weighted by molar-refractivity contribution is 7.15. The van der Waals surface area contributed by atoms with Crippen LogP contribution in [-0.2, 0) is 4.79 Å². The van der Waals surface area contributed by atoms with Gasteiger partial charge < -0.3 is 15.3 Å². The van der Waals surface area contributed by atoms with Crippen LogP contribution in [0.1, 0.15) is 20.9 Å². The third kappa shape index (κ3) is 3.72. The van der Waals surface area contributed by atoms with Crippen molar-refractivity contribution in [2.75, 3.05) is 23.3 Å². The number of fused-ring (bicyclic) bond motifs is 1. The number of hydrogen-bond acceptors (Lipinski definition) is 11. The first kappa shape index (κ1) is 21.1. The molecule has 0 atom stereocenters. The molecule has 5 rings (SSSR count). The Morgan fingerprint density at radius 1 is 1.24 bits per heavy atom. The van der Waals surface area contributed by atoms with E-state index in [9.17, 15) is 19.5 Å². The fraction of sp³-hybridized carbons (Fsp3) is 0.263. The summed E-state index contributed by atoms with van der Waals surface area (Å²) in [7, 11) is 0. The number of carboxylic acids is 1. The molecule has 0 saturated carbocycles. The predicted molar refractivity (Wildman–Crippen MR) is 121 cm³/mol. The highest BCUT2D eigenvalue weighted by Gasteiger charge is 2.34. The molecule has 0 unspecified atom stereocenters. The van der Waals surface area contributed by atoms with Gasteiger partial charge in [0.15, 0.2) is 5.65 Å². The number of carbonyl (C=O) groups excluding carboxylic acids is 1. The Morgan fingerprint density at radius 3 is 2.67 bits per heavy atom. The average molecular weight is 485 g/mol. The van der Waals surface area contributed by atoms with Crippen LogP contribution in [0.25, 0.3) is 16.2 Å². The van der Waals surface area contributed by atoms with Crippen molar-refractivity contribution in [2.45, 2.75) is 13.8 Å². The largest absolute Gasteiger partial charge is 0.477 e. The maximum absolute atomic E-state index is 12.9. The van der Waals surface area contributed by atoms with Gasteiger partial charge >= 0.3 is 5.97 Å². The highest BCUT2D eigenvalue weighted by atomic mass is 32.1. The summed E-state index contributed by atoms with van der Waals surface area (Å²) < 4.78 is 5.44. The molecule has 5 heterocycles. The van der Waals surface area contributed by atoms with Crippen molar-refractivity contribution in [2.24, 2.45) is 5.92 Å². The minimum Gasteiger partial charge on any atom is -0.477 e. The van der Waals surface area contributed by atoms with Crippen molar-refractivity contribution in [3.8, 4) is 5.13 Å².